The van der Waals surface area contributed by atoms with E-state index in [4.69, 9.17) is 12.2 Å². The lowest BCUT2D eigenvalue weighted by Crippen LogP contribution is -2.34. The maximum absolute atomic E-state index is 12.8. The normalized spacial score (nSPS) is 15.8. The van der Waals surface area contributed by atoms with Crippen LogP contribution in [0.1, 0.15) is 44.4 Å². The summed E-state index contributed by atoms with van der Waals surface area (Å²) in [4.78, 5) is 29.6. The minimum Gasteiger partial charge on any atom is -0.358 e. The zero-order valence-corrected chi connectivity index (χ0v) is 18.1. The first-order chi connectivity index (χ1) is 12.7. The van der Waals surface area contributed by atoms with Gasteiger partial charge in [0.1, 0.15) is 21.8 Å². The summed E-state index contributed by atoms with van der Waals surface area (Å²) in [5.74, 6) is 0.563. The molecule has 8 heteroatoms. The lowest BCUT2D eigenvalue weighted by molar-refractivity contribution is -0.123. The van der Waals surface area contributed by atoms with Crippen LogP contribution in [0.3, 0.4) is 0 Å². The lowest BCUT2D eigenvalue weighted by atomic mass is 10.0. The topological polar surface area (TPSA) is 69.3 Å². The molecular formula is C19H24N4O2S2. The molecule has 0 spiro atoms. The molecule has 27 heavy (non-hydrogen) atoms. The summed E-state index contributed by atoms with van der Waals surface area (Å²) in [5.41, 5.74) is 1.06. The van der Waals surface area contributed by atoms with Gasteiger partial charge in [-0.1, -0.05) is 24.0 Å². The van der Waals surface area contributed by atoms with Gasteiger partial charge in [-0.15, -0.1) is 0 Å². The summed E-state index contributed by atoms with van der Waals surface area (Å²) in [7, 11) is 1.66. The number of hydrogen-bond acceptors (Lipinski definition) is 6. The van der Waals surface area contributed by atoms with E-state index in [0.717, 1.165) is 0 Å². The van der Waals surface area contributed by atoms with Crippen LogP contribution in [0.2, 0.25) is 0 Å². The van der Waals surface area contributed by atoms with E-state index in [1.807, 2.05) is 38.7 Å². The molecule has 0 aromatic carbocycles. The molecule has 1 aliphatic heterocycles. The maximum Gasteiger partial charge on any atom is 0.270 e. The highest BCUT2D eigenvalue weighted by atomic mass is 32.2. The first kappa shape index (κ1) is 21.2. The van der Waals surface area contributed by atoms with Gasteiger partial charge < -0.3 is 4.90 Å². The Hall–Kier alpha value is -2.11. The summed E-state index contributed by atoms with van der Waals surface area (Å²) < 4.78 is 2.02. The van der Waals surface area contributed by atoms with Crippen LogP contribution in [0.5, 0.6) is 0 Å². The number of pyridine rings is 1. The van der Waals surface area contributed by atoms with Crippen molar-refractivity contribution in [3.05, 3.63) is 31.9 Å². The second kappa shape index (κ2) is 8.28. The molecule has 0 radical (unpaired) electrons. The molecule has 0 bridgehead atoms. The number of carbonyl (C=O) groups excluding carboxylic acids is 1. The third-order valence-corrected chi connectivity index (χ3v) is 5.98. The van der Waals surface area contributed by atoms with E-state index in [2.05, 4.69) is 0 Å². The van der Waals surface area contributed by atoms with Crippen molar-refractivity contribution in [3.63, 3.8) is 0 Å². The van der Waals surface area contributed by atoms with Crippen LogP contribution in [-0.4, -0.2) is 38.8 Å². The summed E-state index contributed by atoms with van der Waals surface area (Å²) in [5, 5.41) is 9.46. The number of amides is 1. The number of thiocarbonyl (C=S) groups is 1. The van der Waals surface area contributed by atoms with Crippen molar-refractivity contribution in [1.29, 1.82) is 5.26 Å². The zero-order valence-electron chi connectivity index (χ0n) is 16.5. The van der Waals surface area contributed by atoms with E-state index in [1.165, 1.54) is 16.3 Å². The van der Waals surface area contributed by atoms with Crippen LogP contribution in [0.15, 0.2) is 9.70 Å². The van der Waals surface area contributed by atoms with Gasteiger partial charge in [-0.3, -0.25) is 19.1 Å². The molecule has 1 amide bonds. The first-order valence-corrected chi connectivity index (χ1v) is 10.1. The molecule has 0 N–H and O–H groups in total. The molecule has 6 nitrogen and oxygen atoms in total. The van der Waals surface area contributed by atoms with Crippen LogP contribution < -0.4 is 10.5 Å². The molecular weight excluding hydrogens is 380 g/mol. The molecule has 144 valence electrons. The summed E-state index contributed by atoms with van der Waals surface area (Å²) in [6.07, 6.45) is 1.77. The highest BCUT2D eigenvalue weighted by Crippen LogP contribution is 2.36. The van der Waals surface area contributed by atoms with Crippen LogP contribution >= 0.6 is 24.0 Å². The van der Waals surface area contributed by atoms with Gasteiger partial charge in [-0.05, 0) is 46.3 Å². The van der Waals surface area contributed by atoms with Crippen molar-refractivity contribution < 1.29 is 4.79 Å². The summed E-state index contributed by atoms with van der Waals surface area (Å²) >= 11 is 6.61. The fraction of sp³-hybridized carbons (Fsp3) is 0.474. The lowest BCUT2D eigenvalue weighted by Gasteiger charge is -2.27. The molecule has 0 saturated carbocycles. The van der Waals surface area contributed by atoms with E-state index < -0.39 is 0 Å². The summed E-state index contributed by atoms with van der Waals surface area (Å²) in [6.45, 7) is 11.0. The Balaban J connectivity index is 2.78. The zero-order chi connectivity index (χ0) is 20.5. The third-order valence-electron chi connectivity index (χ3n) is 4.65. The highest BCUT2D eigenvalue weighted by molar-refractivity contribution is 8.26. The second-order valence-electron chi connectivity index (χ2n) is 6.53. The Morgan fingerprint density at radius 3 is 2.33 bits per heavy atom. The van der Waals surface area contributed by atoms with Gasteiger partial charge >= 0.3 is 0 Å². The van der Waals surface area contributed by atoms with Gasteiger partial charge in [0.2, 0.25) is 0 Å². The van der Waals surface area contributed by atoms with Crippen molar-refractivity contribution in [2.24, 2.45) is 7.05 Å². The van der Waals surface area contributed by atoms with E-state index in [9.17, 15) is 14.9 Å². The Morgan fingerprint density at radius 1 is 1.30 bits per heavy atom. The molecule has 0 aliphatic carbocycles. The molecule has 0 atom stereocenters. The molecule has 0 unspecified atom stereocenters. The summed E-state index contributed by atoms with van der Waals surface area (Å²) in [6, 6.07) is 1.98. The number of carbonyl (C=O) groups is 1. The van der Waals surface area contributed by atoms with E-state index >= 15 is 0 Å². The number of nitrogens with zero attached hydrogens (tertiary/aromatic N) is 4. The van der Waals surface area contributed by atoms with Crippen LogP contribution in [0.25, 0.3) is 6.08 Å². The van der Waals surface area contributed by atoms with Gasteiger partial charge in [0, 0.05) is 31.7 Å². The number of aromatic nitrogens is 1. The standard InChI is InChI=1S/C19H24N4O2S2/c1-7-22(8-2)16-13(12(5)14(10-20)17(24)21(16)6)9-15-18(25)23(11(3)4)19(26)27-15/h9,11H,7-8H2,1-6H3. The van der Waals surface area contributed by atoms with Crippen LogP contribution in [0, 0.1) is 18.3 Å². The molecule has 1 fully saturated rings. The molecule has 1 aromatic heterocycles. The monoisotopic (exact) mass is 404 g/mol. The van der Waals surface area contributed by atoms with E-state index in [-0.39, 0.29) is 23.1 Å². The highest BCUT2D eigenvalue weighted by Gasteiger charge is 2.34. The van der Waals surface area contributed by atoms with Gasteiger partial charge in [0.15, 0.2) is 0 Å². The Labute approximate surface area is 169 Å². The average molecular weight is 405 g/mol. The largest absolute Gasteiger partial charge is 0.358 e. The molecule has 2 heterocycles. The van der Waals surface area contributed by atoms with Gasteiger partial charge in [-0.2, -0.15) is 5.26 Å². The second-order valence-corrected chi connectivity index (χ2v) is 8.21. The SMILES string of the molecule is CCN(CC)c1c(C=C2SC(=S)N(C(C)C)C2=O)c(C)c(C#N)c(=O)n1C. The first-order valence-electron chi connectivity index (χ1n) is 8.85. The number of nitriles is 1. The van der Waals surface area contributed by atoms with E-state index in [1.54, 1.807) is 24.9 Å². The van der Waals surface area contributed by atoms with Crippen molar-refractivity contribution >= 4 is 46.1 Å². The molecule has 2 rings (SSSR count). The minimum absolute atomic E-state index is 0.0263. The van der Waals surface area contributed by atoms with Crippen molar-refractivity contribution in [2.75, 3.05) is 18.0 Å². The fourth-order valence-electron chi connectivity index (χ4n) is 3.17. The Kier molecular flexibility index (Phi) is 6.50. The predicted octanol–water partition coefficient (Wildman–Crippen LogP) is 3.02. The molecule has 1 aromatic rings. The Bertz CT molecular complexity index is 921. The van der Waals surface area contributed by atoms with Crippen molar-refractivity contribution in [3.8, 4) is 6.07 Å². The number of hydrogen-bond donors (Lipinski definition) is 0. The Morgan fingerprint density at radius 2 is 1.89 bits per heavy atom. The maximum atomic E-state index is 12.8. The van der Waals surface area contributed by atoms with Gasteiger partial charge in [-0.25, -0.2) is 0 Å². The smallest absolute Gasteiger partial charge is 0.270 e. The van der Waals surface area contributed by atoms with Crippen molar-refractivity contribution in [2.45, 2.75) is 40.7 Å². The third kappa shape index (κ3) is 3.66. The fourth-order valence-corrected chi connectivity index (χ4v) is 4.68. The number of thioether (sulfide) groups is 1. The van der Waals surface area contributed by atoms with Gasteiger partial charge in [0.25, 0.3) is 11.5 Å². The van der Waals surface area contributed by atoms with E-state index in [0.29, 0.717) is 39.3 Å². The quantitative estimate of drug-likeness (QED) is 0.555. The predicted molar refractivity (Wildman–Crippen MR) is 115 cm³/mol. The van der Waals surface area contributed by atoms with Crippen molar-refractivity contribution in [1.82, 2.24) is 9.47 Å². The van der Waals surface area contributed by atoms with Crippen LogP contribution in [-0.2, 0) is 11.8 Å². The number of anilines is 1. The molecule has 1 saturated heterocycles. The van der Waals surface area contributed by atoms with Gasteiger partial charge in [0.05, 0.1) is 4.91 Å². The van der Waals surface area contributed by atoms with Crippen LogP contribution in [0.4, 0.5) is 5.82 Å². The minimum atomic E-state index is -0.330. The average Bonchev–Trinajstić information content (AvgIpc) is 2.90. The molecule has 1 aliphatic rings. The number of rotatable bonds is 5.